The topological polar surface area (TPSA) is 38.3 Å². The lowest BCUT2D eigenvalue weighted by atomic mass is 10.1. The van der Waals surface area contributed by atoms with E-state index in [0.717, 1.165) is 28.4 Å². The van der Waals surface area contributed by atoms with Crippen molar-refractivity contribution < 1.29 is 9.53 Å². The van der Waals surface area contributed by atoms with Crippen LogP contribution in [0.4, 0.5) is 0 Å². The van der Waals surface area contributed by atoms with Crippen LogP contribution in [0.3, 0.4) is 0 Å². The fourth-order valence-corrected chi connectivity index (χ4v) is 2.43. The Balaban J connectivity index is 2.64. The lowest BCUT2D eigenvalue weighted by Crippen LogP contribution is -2.32. The molecule has 0 aliphatic heterocycles. The predicted molar refractivity (Wildman–Crippen MR) is 80.7 cm³/mol. The van der Waals surface area contributed by atoms with Gasteiger partial charge in [0.1, 0.15) is 5.75 Å². The Morgan fingerprint density at radius 1 is 1.50 bits per heavy atom. The van der Waals surface area contributed by atoms with E-state index in [4.69, 9.17) is 4.74 Å². The van der Waals surface area contributed by atoms with Crippen molar-refractivity contribution in [2.75, 3.05) is 12.4 Å². The summed E-state index contributed by atoms with van der Waals surface area (Å²) in [7, 11) is 1.60. The van der Waals surface area contributed by atoms with Gasteiger partial charge in [-0.25, -0.2) is 0 Å². The zero-order chi connectivity index (χ0) is 13.5. The fourth-order valence-electron chi connectivity index (χ4n) is 1.57. The molecular formula is C13H17Br2NO2. The Hall–Kier alpha value is -0.550. The number of carbonyl (C=O) groups is 1. The summed E-state index contributed by atoms with van der Waals surface area (Å²) in [5, 5.41) is 3.93. The Bertz CT molecular complexity index is 410. The zero-order valence-electron chi connectivity index (χ0n) is 10.5. The summed E-state index contributed by atoms with van der Waals surface area (Å²) < 4.78 is 5.91. The van der Waals surface area contributed by atoms with Crippen molar-refractivity contribution >= 4 is 37.8 Å². The normalized spacial score (nSPS) is 12.0. The van der Waals surface area contributed by atoms with Gasteiger partial charge in [-0.1, -0.05) is 15.9 Å². The van der Waals surface area contributed by atoms with Crippen LogP contribution in [0.5, 0.6) is 5.75 Å². The number of methoxy groups -OCH3 is 1. The van der Waals surface area contributed by atoms with E-state index in [1.54, 1.807) is 25.3 Å². The highest BCUT2D eigenvalue weighted by Crippen LogP contribution is 2.25. The molecule has 0 saturated heterocycles. The number of ether oxygens (including phenoxy) is 1. The minimum atomic E-state index is -0.0552. The average Bonchev–Trinajstić information content (AvgIpc) is 2.36. The molecule has 1 amide bonds. The molecule has 0 aliphatic carbocycles. The molecule has 3 nitrogen and oxygen atoms in total. The van der Waals surface area contributed by atoms with Crippen LogP contribution in [0.2, 0.25) is 0 Å². The lowest BCUT2D eigenvalue weighted by Gasteiger charge is -2.13. The molecule has 1 N–H and O–H groups in total. The SMILES string of the molecule is COc1ccc(C(=O)NC(C)CCCBr)cc1Br. The lowest BCUT2D eigenvalue weighted by molar-refractivity contribution is 0.0938. The Morgan fingerprint density at radius 3 is 2.78 bits per heavy atom. The molecule has 1 atom stereocenters. The maximum absolute atomic E-state index is 12.0. The quantitative estimate of drug-likeness (QED) is 0.765. The smallest absolute Gasteiger partial charge is 0.251 e. The minimum absolute atomic E-state index is 0.0552. The standard InChI is InChI=1S/C13H17Br2NO2/c1-9(4-3-7-14)16-13(17)10-5-6-12(18-2)11(15)8-10/h5-6,8-9H,3-4,7H2,1-2H3,(H,16,17). The number of benzene rings is 1. The van der Waals surface area contributed by atoms with Crippen molar-refractivity contribution in [3.05, 3.63) is 28.2 Å². The second kappa shape index (κ2) is 7.79. The molecule has 0 aliphatic rings. The van der Waals surface area contributed by atoms with Gasteiger partial charge in [-0.05, 0) is 53.9 Å². The molecule has 0 saturated carbocycles. The molecule has 0 fully saturated rings. The Morgan fingerprint density at radius 2 is 2.22 bits per heavy atom. The molecule has 0 bridgehead atoms. The largest absolute Gasteiger partial charge is 0.496 e. The molecular weight excluding hydrogens is 362 g/mol. The van der Waals surface area contributed by atoms with Crippen LogP contribution in [0.15, 0.2) is 22.7 Å². The first-order valence-electron chi connectivity index (χ1n) is 5.79. The molecule has 18 heavy (non-hydrogen) atoms. The first-order valence-corrected chi connectivity index (χ1v) is 7.70. The molecule has 0 spiro atoms. The molecule has 0 aromatic heterocycles. The number of nitrogens with one attached hydrogen (secondary N) is 1. The highest BCUT2D eigenvalue weighted by Gasteiger charge is 2.11. The van der Waals surface area contributed by atoms with Gasteiger partial charge in [0.05, 0.1) is 11.6 Å². The van der Waals surface area contributed by atoms with Crippen molar-refractivity contribution in [1.82, 2.24) is 5.32 Å². The maximum Gasteiger partial charge on any atom is 0.251 e. The summed E-state index contributed by atoms with van der Waals surface area (Å²) in [4.78, 5) is 12.0. The summed E-state index contributed by atoms with van der Waals surface area (Å²) >= 11 is 6.75. The first kappa shape index (κ1) is 15.5. The molecule has 5 heteroatoms. The van der Waals surface area contributed by atoms with E-state index in [1.165, 1.54) is 0 Å². The van der Waals surface area contributed by atoms with Gasteiger partial charge in [0.15, 0.2) is 0 Å². The molecule has 1 aromatic rings. The summed E-state index contributed by atoms with van der Waals surface area (Å²) in [5.41, 5.74) is 0.633. The van der Waals surface area contributed by atoms with Gasteiger partial charge in [-0.2, -0.15) is 0 Å². The Labute approximate surface area is 125 Å². The molecule has 0 heterocycles. The van der Waals surface area contributed by atoms with Crippen molar-refractivity contribution in [2.24, 2.45) is 0 Å². The highest BCUT2D eigenvalue weighted by molar-refractivity contribution is 9.10. The number of hydrogen-bond donors (Lipinski definition) is 1. The van der Waals surface area contributed by atoms with Crippen LogP contribution in [0, 0.1) is 0 Å². The van der Waals surface area contributed by atoms with Crippen LogP contribution >= 0.6 is 31.9 Å². The van der Waals surface area contributed by atoms with E-state index in [9.17, 15) is 4.79 Å². The van der Waals surface area contributed by atoms with Gasteiger partial charge in [-0.3, -0.25) is 4.79 Å². The number of rotatable bonds is 6. The van der Waals surface area contributed by atoms with Crippen LogP contribution in [0.1, 0.15) is 30.1 Å². The molecule has 100 valence electrons. The van der Waals surface area contributed by atoms with Crippen molar-refractivity contribution in [2.45, 2.75) is 25.8 Å². The predicted octanol–water partition coefficient (Wildman–Crippen LogP) is 3.75. The number of halogens is 2. The molecule has 1 aromatic carbocycles. The number of alkyl halides is 1. The second-order valence-electron chi connectivity index (χ2n) is 4.06. The zero-order valence-corrected chi connectivity index (χ0v) is 13.7. The fraction of sp³-hybridized carbons (Fsp3) is 0.462. The van der Waals surface area contributed by atoms with Gasteiger partial charge in [0.25, 0.3) is 5.91 Å². The summed E-state index contributed by atoms with van der Waals surface area (Å²) in [6, 6.07) is 5.49. The highest BCUT2D eigenvalue weighted by atomic mass is 79.9. The molecule has 1 unspecified atom stereocenters. The van der Waals surface area contributed by atoms with E-state index in [1.807, 2.05) is 6.92 Å². The van der Waals surface area contributed by atoms with Crippen LogP contribution in [-0.4, -0.2) is 24.4 Å². The van der Waals surface area contributed by atoms with Crippen molar-refractivity contribution in [3.63, 3.8) is 0 Å². The summed E-state index contributed by atoms with van der Waals surface area (Å²) in [6.07, 6.45) is 2.02. The molecule has 0 radical (unpaired) electrons. The third-order valence-electron chi connectivity index (χ3n) is 2.56. The monoisotopic (exact) mass is 377 g/mol. The van der Waals surface area contributed by atoms with E-state index in [-0.39, 0.29) is 11.9 Å². The van der Waals surface area contributed by atoms with Gasteiger partial charge in [-0.15, -0.1) is 0 Å². The third kappa shape index (κ3) is 4.61. The summed E-state index contributed by atoms with van der Waals surface area (Å²) in [5.74, 6) is 0.666. The number of hydrogen-bond acceptors (Lipinski definition) is 2. The Kier molecular flexibility index (Phi) is 6.71. The van der Waals surface area contributed by atoms with Crippen molar-refractivity contribution in [1.29, 1.82) is 0 Å². The minimum Gasteiger partial charge on any atom is -0.496 e. The van der Waals surface area contributed by atoms with Crippen LogP contribution in [0.25, 0.3) is 0 Å². The van der Waals surface area contributed by atoms with E-state index < -0.39 is 0 Å². The third-order valence-corrected chi connectivity index (χ3v) is 3.74. The van der Waals surface area contributed by atoms with Crippen LogP contribution in [-0.2, 0) is 0 Å². The van der Waals surface area contributed by atoms with E-state index in [2.05, 4.69) is 37.2 Å². The van der Waals surface area contributed by atoms with Crippen LogP contribution < -0.4 is 10.1 Å². The molecule has 1 rings (SSSR count). The van der Waals surface area contributed by atoms with Gasteiger partial charge < -0.3 is 10.1 Å². The maximum atomic E-state index is 12.0. The van der Waals surface area contributed by atoms with Crippen molar-refractivity contribution in [3.8, 4) is 5.75 Å². The second-order valence-corrected chi connectivity index (χ2v) is 5.70. The van der Waals surface area contributed by atoms with E-state index in [0.29, 0.717) is 5.56 Å². The number of carbonyl (C=O) groups excluding carboxylic acids is 1. The average molecular weight is 379 g/mol. The summed E-state index contributed by atoms with van der Waals surface area (Å²) in [6.45, 7) is 2.01. The van der Waals surface area contributed by atoms with Gasteiger partial charge >= 0.3 is 0 Å². The van der Waals surface area contributed by atoms with Gasteiger partial charge in [0.2, 0.25) is 0 Å². The van der Waals surface area contributed by atoms with Gasteiger partial charge in [0, 0.05) is 16.9 Å². The number of amides is 1. The van der Waals surface area contributed by atoms with E-state index >= 15 is 0 Å². The first-order chi connectivity index (χ1) is 8.58.